The summed E-state index contributed by atoms with van der Waals surface area (Å²) in [5.74, 6) is 0.911. The summed E-state index contributed by atoms with van der Waals surface area (Å²) in [5.41, 5.74) is 5.07. The number of amides is 1. The molecule has 0 aliphatic heterocycles. The zero-order valence-corrected chi connectivity index (χ0v) is 13.9. The molecule has 0 bridgehead atoms. The molecular weight excluding hydrogens is 290 g/mol. The second kappa shape index (κ2) is 5.91. The van der Waals surface area contributed by atoms with Gasteiger partial charge in [0.2, 0.25) is 5.91 Å². The number of carbonyl (C=O) groups is 1. The Kier molecular flexibility index (Phi) is 3.94. The third-order valence-corrected chi connectivity index (χ3v) is 4.18. The number of aromatic nitrogens is 2. The predicted octanol–water partition coefficient (Wildman–Crippen LogP) is 3.46. The Morgan fingerprint density at radius 1 is 1.26 bits per heavy atom. The summed E-state index contributed by atoms with van der Waals surface area (Å²) < 4.78 is 5.32. The van der Waals surface area contributed by atoms with E-state index < -0.39 is 0 Å². The van der Waals surface area contributed by atoms with Crippen molar-refractivity contribution in [3.63, 3.8) is 0 Å². The third kappa shape index (κ3) is 2.74. The van der Waals surface area contributed by atoms with Crippen molar-refractivity contribution in [1.82, 2.24) is 15.0 Å². The van der Waals surface area contributed by atoms with Crippen molar-refractivity contribution in [2.24, 2.45) is 0 Å². The average molecular weight is 311 g/mol. The number of aryl methyl sites for hydroxylation is 3. The Labute approximate surface area is 135 Å². The van der Waals surface area contributed by atoms with Crippen LogP contribution in [-0.2, 0) is 11.2 Å². The highest BCUT2D eigenvalue weighted by Crippen LogP contribution is 2.34. The molecule has 3 rings (SSSR count). The summed E-state index contributed by atoms with van der Waals surface area (Å²) in [4.78, 5) is 17.1. The number of H-pyrrole nitrogens is 1. The molecule has 0 radical (unpaired) electrons. The van der Waals surface area contributed by atoms with Crippen molar-refractivity contribution in [2.45, 2.75) is 26.7 Å². The van der Waals surface area contributed by atoms with E-state index in [1.54, 1.807) is 19.0 Å². The number of hydrogen-bond acceptors (Lipinski definition) is 3. The Balaban J connectivity index is 2.10. The SMILES string of the molecule is Cc1noc(C)c1-c1[nH]c2ccccc2c1CCC(=O)N(C)C. The van der Waals surface area contributed by atoms with Crippen LogP contribution in [0.2, 0.25) is 0 Å². The van der Waals surface area contributed by atoms with Gasteiger partial charge in [0.25, 0.3) is 0 Å². The Hall–Kier alpha value is -2.56. The molecule has 1 aromatic carbocycles. The van der Waals surface area contributed by atoms with Crippen LogP contribution in [0.25, 0.3) is 22.2 Å². The maximum atomic E-state index is 12.0. The van der Waals surface area contributed by atoms with Gasteiger partial charge in [0.05, 0.1) is 17.0 Å². The fraction of sp³-hybridized carbons (Fsp3) is 0.333. The minimum absolute atomic E-state index is 0.125. The summed E-state index contributed by atoms with van der Waals surface area (Å²) in [6.07, 6.45) is 1.16. The van der Waals surface area contributed by atoms with Crippen molar-refractivity contribution in [2.75, 3.05) is 14.1 Å². The molecule has 2 aromatic heterocycles. The molecule has 0 aliphatic carbocycles. The number of nitrogens with one attached hydrogen (secondary N) is 1. The highest BCUT2D eigenvalue weighted by molar-refractivity contribution is 5.92. The molecule has 3 aromatic rings. The summed E-state index contributed by atoms with van der Waals surface area (Å²) in [7, 11) is 3.57. The first-order valence-electron chi connectivity index (χ1n) is 7.72. The second-order valence-electron chi connectivity index (χ2n) is 6.01. The van der Waals surface area contributed by atoms with Gasteiger partial charge in [-0.2, -0.15) is 0 Å². The van der Waals surface area contributed by atoms with Crippen LogP contribution in [0.1, 0.15) is 23.4 Å². The van der Waals surface area contributed by atoms with Gasteiger partial charge in [-0.05, 0) is 31.9 Å². The molecule has 5 nitrogen and oxygen atoms in total. The molecule has 0 saturated heterocycles. The van der Waals surface area contributed by atoms with Crippen LogP contribution in [-0.4, -0.2) is 35.0 Å². The maximum absolute atomic E-state index is 12.0. The van der Waals surface area contributed by atoms with E-state index in [4.69, 9.17) is 4.52 Å². The predicted molar refractivity (Wildman–Crippen MR) is 90.3 cm³/mol. The Bertz CT molecular complexity index is 839. The molecule has 5 heteroatoms. The molecule has 1 N–H and O–H groups in total. The van der Waals surface area contributed by atoms with Gasteiger partial charge in [0.15, 0.2) is 0 Å². The summed E-state index contributed by atoms with van der Waals surface area (Å²) in [6, 6.07) is 8.16. The summed E-state index contributed by atoms with van der Waals surface area (Å²) in [5, 5.41) is 5.20. The van der Waals surface area contributed by atoms with Crippen LogP contribution in [0.5, 0.6) is 0 Å². The second-order valence-corrected chi connectivity index (χ2v) is 6.01. The zero-order chi connectivity index (χ0) is 16.6. The lowest BCUT2D eigenvalue weighted by atomic mass is 10.00. The highest BCUT2D eigenvalue weighted by Gasteiger charge is 2.20. The average Bonchev–Trinajstić information content (AvgIpc) is 3.04. The molecule has 0 spiro atoms. The van der Waals surface area contributed by atoms with Crippen molar-refractivity contribution < 1.29 is 9.32 Å². The lowest BCUT2D eigenvalue weighted by Gasteiger charge is -2.10. The van der Waals surface area contributed by atoms with Crippen molar-refractivity contribution in [1.29, 1.82) is 0 Å². The highest BCUT2D eigenvalue weighted by atomic mass is 16.5. The van der Waals surface area contributed by atoms with Gasteiger partial charge in [-0.1, -0.05) is 23.4 Å². The minimum atomic E-state index is 0.125. The largest absolute Gasteiger partial charge is 0.361 e. The van der Waals surface area contributed by atoms with E-state index in [2.05, 4.69) is 16.2 Å². The maximum Gasteiger partial charge on any atom is 0.222 e. The number of carbonyl (C=O) groups excluding carboxylic acids is 1. The van der Waals surface area contributed by atoms with E-state index in [-0.39, 0.29) is 5.91 Å². The Morgan fingerprint density at radius 3 is 2.65 bits per heavy atom. The van der Waals surface area contributed by atoms with Gasteiger partial charge in [0.1, 0.15) is 5.76 Å². The number of fused-ring (bicyclic) bond motifs is 1. The first kappa shape index (κ1) is 15.3. The van der Waals surface area contributed by atoms with Gasteiger partial charge < -0.3 is 14.4 Å². The lowest BCUT2D eigenvalue weighted by molar-refractivity contribution is -0.128. The molecule has 0 aliphatic rings. The van der Waals surface area contributed by atoms with E-state index >= 15 is 0 Å². The van der Waals surface area contributed by atoms with Crippen molar-refractivity contribution in [3.05, 3.63) is 41.3 Å². The van der Waals surface area contributed by atoms with Gasteiger partial charge in [-0.3, -0.25) is 4.79 Å². The monoisotopic (exact) mass is 311 g/mol. The normalized spacial score (nSPS) is 11.1. The van der Waals surface area contributed by atoms with Crippen molar-refractivity contribution >= 4 is 16.8 Å². The fourth-order valence-corrected chi connectivity index (χ4v) is 2.97. The number of aromatic amines is 1. The quantitative estimate of drug-likeness (QED) is 0.802. The first-order valence-corrected chi connectivity index (χ1v) is 7.72. The summed E-state index contributed by atoms with van der Waals surface area (Å²) in [6.45, 7) is 3.85. The van der Waals surface area contributed by atoms with E-state index in [0.717, 1.165) is 39.2 Å². The smallest absolute Gasteiger partial charge is 0.222 e. The van der Waals surface area contributed by atoms with Gasteiger partial charge in [-0.15, -0.1) is 0 Å². The number of para-hydroxylation sites is 1. The topological polar surface area (TPSA) is 62.1 Å². The van der Waals surface area contributed by atoms with Crippen molar-refractivity contribution in [3.8, 4) is 11.3 Å². The number of benzene rings is 1. The molecule has 2 heterocycles. The molecule has 23 heavy (non-hydrogen) atoms. The van der Waals surface area contributed by atoms with Gasteiger partial charge in [0, 0.05) is 31.4 Å². The summed E-state index contributed by atoms with van der Waals surface area (Å²) >= 11 is 0. The van der Waals surface area contributed by atoms with Crippen LogP contribution in [0.15, 0.2) is 28.8 Å². The van der Waals surface area contributed by atoms with Gasteiger partial charge >= 0.3 is 0 Å². The molecule has 0 unspecified atom stereocenters. The van der Waals surface area contributed by atoms with Crippen LogP contribution >= 0.6 is 0 Å². The van der Waals surface area contributed by atoms with Crippen LogP contribution in [0.3, 0.4) is 0 Å². The molecule has 1 amide bonds. The molecule has 0 fully saturated rings. The van der Waals surface area contributed by atoms with Crippen LogP contribution in [0, 0.1) is 13.8 Å². The zero-order valence-electron chi connectivity index (χ0n) is 13.9. The molecule has 0 atom stereocenters. The first-order chi connectivity index (χ1) is 11.0. The molecular formula is C18H21N3O2. The van der Waals surface area contributed by atoms with Crippen LogP contribution in [0.4, 0.5) is 0 Å². The third-order valence-electron chi connectivity index (χ3n) is 4.18. The standard InChI is InChI=1S/C18H21N3O2/c1-11-17(12(2)23-20-11)18-14(9-10-16(22)21(3)4)13-7-5-6-8-15(13)19-18/h5-8,19H,9-10H2,1-4H3. The molecule has 120 valence electrons. The van der Waals surface area contributed by atoms with E-state index in [1.165, 1.54) is 0 Å². The van der Waals surface area contributed by atoms with Crippen LogP contribution < -0.4 is 0 Å². The van der Waals surface area contributed by atoms with E-state index in [1.807, 2.05) is 32.0 Å². The molecule has 0 saturated carbocycles. The minimum Gasteiger partial charge on any atom is -0.361 e. The van der Waals surface area contributed by atoms with Gasteiger partial charge in [-0.25, -0.2) is 0 Å². The number of hydrogen-bond donors (Lipinski definition) is 1. The number of rotatable bonds is 4. The van der Waals surface area contributed by atoms with E-state index in [0.29, 0.717) is 12.8 Å². The Morgan fingerprint density at radius 2 is 2.00 bits per heavy atom. The van der Waals surface area contributed by atoms with E-state index in [9.17, 15) is 4.79 Å². The number of nitrogens with zero attached hydrogens (tertiary/aromatic N) is 2. The lowest BCUT2D eigenvalue weighted by Crippen LogP contribution is -2.21. The fourth-order valence-electron chi connectivity index (χ4n) is 2.97.